The molecule has 3 aliphatic rings. The smallest absolute Gasteiger partial charge is 0.0178 e. The third-order valence-electron chi connectivity index (χ3n) is 5.73. The third-order valence-corrected chi connectivity index (χ3v) is 5.73. The molecule has 0 amide bonds. The minimum absolute atomic E-state index is 0.640. The third kappa shape index (κ3) is 7.84. The standard InChI is InChI=1S/C13H12.C7H13N.C7H9N/c1-3-7-12(8-4-1)11-13-9-5-2-6-10-13;1-4-8-5-2-7(1)3-6-8;8-6-7-4-2-1-3-5-7/h1-10H,11H2;7H,1-6H2;1-5H,6,8H2. The van der Waals surface area contributed by atoms with Gasteiger partial charge in [0.2, 0.25) is 0 Å². The molecular formula is C27H34N2. The van der Waals surface area contributed by atoms with Crippen LogP contribution < -0.4 is 5.73 Å². The van der Waals surface area contributed by atoms with E-state index in [1.165, 1.54) is 55.6 Å². The van der Waals surface area contributed by atoms with Gasteiger partial charge in [-0.25, -0.2) is 0 Å². The van der Waals surface area contributed by atoms with Crippen LogP contribution in [0.1, 0.15) is 36.0 Å². The van der Waals surface area contributed by atoms with E-state index >= 15 is 0 Å². The summed E-state index contributed by atoms with van der Waals surface area (Å²) in [4.78, 5) is 2.58. The second kappa shape index (κ2) is 12.2. The van der Waals surface area contributed by atoms with Gasteiger partial charge >= 0.3 is 0 Å². The van der Waals surface area contributed by atoms with Crippen LogP contribution >= 0.6 is 0 Å². The zero-order valence-corrected chi connectivity index (χ0v) is 17.4. The summed E-state index contributed by atoms with van der Waals surface area (Å²) in [6.45, 7) is 4.82. The Hall–Kier alpha value is -2.42. The zero-order chi connectivity index (χ0) is 20.2. The minimum atomic E-state index is 0.640. The quantitative estimate of drug-likeness (QED) is 0.642. The Kier molecular flexibility index (Phi) is 8.96. The molecule has 2 nitrogen and oxygen atoms in total. The van der Waals surface area contributed by atoms with Crippen molar-refractivity contribution in [2.75, 3.05) is 19.6 Å². The monoisotopic (exact) mass is 386 g/mol. The molecule has 0 spiro atoms. The molecular weight excluding hydrogens is 352 g/mol. The molecule has 3 aromatic rings. The van der Waals surface area contributed by atoms with E-state index in [1.54, 1.807) is 0 Å². The number of rotatable bonds is 3. The molecule has 2 N–H and O–H groups in total. The van der Waals surface area contributed by atoms with Crippen LogP contribution in [-0.2, 0) is 13.0 Å². The average molecular weight is 387 g/mol. The van der Waals surface area contributed by atoms with Gasteiger partial charge in [-0.05, 0) is 67.9 Å². The van der Waals surface area contributed by atoms with Crippen LogP contribution in [0.5, 0.6) is 0 Å². The van der Waals surface area contributed by atoms with Crippen LogP contribution in [0.2, 0.25) is 0 Å². The highest BCUT2D eigenvalue weighted by Crippen LogP contribution is 2.26. The normalized spacial score (nSPS) is 19.3. The number of nitrogens with zero attached hydrogens (tertiary/aromatic N) is 1. The predicted molar refractivity (Wildman–Crippen MR) is 124 cm³/mol. The van der Waals surface area contributed by atoms with E-state index in [0.717, 1.165) is 12.3 Å². The van der Waals surface area contributed by atoms with Gasteiger partial charge in [0.15, 0.2) is 0 Å². The van der Waals surface area contributed by atoms with Crippen molar-refractivity contribution in [2.45, 2.75) is 32.2 Å². The predicted octanol–water partition coefficient (Wildman–Crippen LogP) is 5.52. The molecule has 3 aliphatic heterocycles. The van der Waals surface area contributed by atoms with Crippen LogP contribution in [0.4, 0.5) is 0 Å². The summed E-state index contributed by atoms with van der Waals surface area (Å²) in [5.74, 6) is 1.11. The van der Waals surface area contributed by atoms with Crippen molar-refractivity contribution < 1.29 is 0 Å². The van der Waals surface area contributed by atoms with E-state index in [2.05, 4.69) is 65.6 Å². The molecule has 0 aliphatic carbocycles. The van der Waals surface area contributed by atoms with Crippen LogP contribution in [0, 0.1) is 5.92 Å². The first-order valence-corrected chi connectivity index (χ1v) is 10.9. The van der Waals surface area contributed by atoms with E-state index in [4.69, 9.17) is 5.73 Å². The molecule has 0 aromatic heterocycles. The second-order valence-electron chi connectivity index (χ2n) is 7.91. The fraction of sp³-hybridized carbons (Fsp3) is 0.333. The Morgan fingerprint density at radius 2 is 0.966 bits per heavy atom. The molecule has 0 unspecified atom stereocenters. The summed E-state index contributed by atoms with van der Waals surface area (Å²) in [7, 11) is 0. The number of hydrogen-bond donors (Lipinski definition) is 1. The SMILES string of the molecule is C1CN2CCC1CC2.NCc1ccccc1.c1ccc(Cc2ccccc2)cc1. The van der Waals surface area contributed by atoms with E-state index in [-0.39, 0.29) is 0 Å². The number of benzene rings is 3. The lowest BCUT2D eigenvalue weighted by molar-refractivity contribution is 0.111. The van der Waals surface area contributed by atoms with Crippen molar-refractivity contribution in [1.29, 1.82) is 0 Å². The van der Waals surface area contributed by atoms with Crippen molar-refractivity contribution in [3.05, 3.63) is 108 Å². The fourth-order valence-corrected chi connectivity index (χ4v) is 3.91. The summed E-state index contributed by atoms with van der Waals surface area (Å²) in [5, 5.41) is 0. The van der Waals surface area contributed by atoms with Gasteiger partial charge in [-0.2, -0.15) is 0 Å². The summed E-state index contributed by atoms with van der Waals surface area (Å²) in [5.41, 5.74) is 9.28. The zero-order valence-electron chi connectivity index (χ0n) is 17.4. The molecule has 0 atom stereocenters. The van der Waals surface area contributed by atoms with Gasteiger partial charge < -0.3 is 10.6 Å². The topological polar surface area (TPSA) is 29.3 Å². The van der Waals surface area contributed by atoms with Crippen LogP contribution in [0.3, 0.4) is 0 Å². The molecule has 152 valence electrons. The highest BCUT2D eigenvalue weighted by Gasteiger charge is 2.24. The lowest BCUT2D eigenvalue weighted by Gasteiger charge is -2.38. The van der Waals surface area contributed by atoms with Crippen molar-refractivity contribution >= 4 is 0 Å². The maximum atomic E-state index is 5.35. The van der Waals surface area contributed by atoms with E-state index in [9.17, 15) is 0 Å². The molecule has 0 saturated carbocycles. The molecule has 0 radical (unpaired) electrons. The Bertz CT molecular complexity index is 718. The van der Waals surface area contributed by atoms with Crippen molar-refractivity contribution in [1.82, 2.24) is 4.90 Å². The Morgan fingerprint density at radius 3 is 1.21 bits per heavy atom. The molecule has 29 heavy (non-hydrogen) atoms. The lowest BCUT2D eigenvalue weighted by atomic mass is 9.89. The first-order chi connectivity index (χ1) is 14.3. The van der Waals surface area contributed by atoms with E-state index < -0.39 is 0 Å². The Balaban J connectivity index is 0.000000131. The maximum absolute atomic E-state index is 5.35. The first-order valence-electron chi connectivity index (χ1n) is 10.9. The molecule has 2 heteroatoms. The highest BCUT2D eigenvalue weighted by atomic mass is 15.1. The van der Waals surface area contributed by atoms with Crippen molar-refractivity contribution in [2.24, 2.45) is 11.7 Å². The first kappa shape index (κ1) is 21.3. The van der Waals surface area contributed by atoms with E-state index in [0.29, 0.717) is 6.54 Å². The van der Waals surface area contributed by atoms with Gasteiger partial charge in [-0.1, -0.05) is 91.0 Å². The van der Waals surface area contributed by atoms with Gasteiger partial charge in [-0.15, -0.1) is 0 Å². The molecule has 6 rings (SSSR count). The van der Waals surface area contributed by atoms with Gasteiger partial charge in [0.05, 0.1) is 0 Å². The maximum Gasteiger partial charge on any atom is 0.0178 e. The lowest BCUT2D eigenvalue weighted by Crippen LogP contribution is -2.41. The van der Waals surface area contributed by atoms with Crippen molar-refractivity contribution in [3.8, 4) is 0 Å². The Labute approximate surface area is 176 Å². The summed E-state index contributed by atoms with van der Waals surface area (Å²) in [6.07, 6.45) is 5.49. The number of piperidine rings is 3. The second-order valence-corrected chi connectivity index (χ2v) is 7.91. The van der Waals surface area contributed by atoms with Gasteiger partial charge in [0.1, 0.15) is 0 Å². The summed E-state index contributed by atoms with van der Waals surface area (Å²) in [6, 6.07) is 31.1. The van der Waals surface area contributed by atoms with E-state index in [1.807, 2.05) is 30.3 Å². The molecule has 3 fully saturated rings. The summed E-state index contributed by atoms with van der Waals surface area (Å²) >= 11 is 0. The average Bonchev–Trinajstić information content (AvgIpc) is 2.83. The van der Waals surface area contributed by atoms with Crippen LogP contribution in [-0.4, -0.2) is 24.5 Å². The highest BCUT2D eigenvalue weighted by molar-refractivity contribution is 5.25. The molecule has 2 bridgehead atoms. The summed E-state index contributed by atoms with van der Waals surface area (Å²) < 4.78 is 0. The van der Waals surface area contributed by atoms with Crippen molar-refractivity contribution in [3.63, 3.8) is 0 Å². The molecule has 3 heterocycles. The number of fused-ring (bicyclic) bond motifs is 3. The number of nitrogens with two attached hydrogens (primary N) is 1. The van der Waals surface area contributed by atoms with Gasteiger partial charge in [-0.3, -0.25) is 0 Å². The fourth-order valence-electron chi connectivity index (χ4n) is 3.91. The van der Waals surface area contributed by atoms with Gasteiger partial charge in [0, 0.05) is 6.54 Å². The molecule has 3 aromatic carbocycles. The number of hydrogen-bond acceptors (Lipinski definition) is 2. The molecule has 3 saturated heterocycles. The van der Waals surface area contributed by atoms with Gasteiger partial charge in [0.25, 0.3) is 0 Å². The van der Waals surface area contributed by atoms with Crippen LogP contribution in [0.15, 0.2) is 91.0 Å². The Morgan fingerprint density at radius 1 is 0.586 bits per heavy atom. The largest absolute Gasteiger partial charge is 0.326 e. The van der Waals surface area contributed by atoms with Crippen LogP contribution in [0.25, 0.3) is 0 Å². The minimum Gasteiger partial charge on any atom is -0.326 e.